The minimum atomic E-state index is -3.09. The number of rotatable bonds is 4. The molecule has 1 aliphatic rings. The van der Waals surface area contributed by atoms with Gasteiger partial charge < -0.3 is 15.5 Å². The molecule has 0 radical (unpaired) electrons. The van der Waals surface area contributed by atoms with Crippen molar-refractivity contribution in [2.75, 3.05) is 31.9 Å². The van der Waals surface area contributed by atoms with Gasteiger partial charge in [-0.25, -0.2) is 13.4 Å². The molecule has 0 saturated carbocycles. The molecule has 0 aromatic heterocycles. The second kappa shape index (κ2) is 7.30. The number of carbonyl (C=O) groups excluding carboxylic acids is 1. The highest BCUT2D eigenvalue weighted by Gasteiger charge is 2.40. The van der Waals surface area contributed by atoms with Crippen molar-refractivity contribution < 1.29 is 13.2 Å². The van der Waals surface area contributed by atoms with Crippen LogP contribution in [-0.2, 0) is 14.6 Å². The van der Waals surface area contributed by atoms with Crippen molar-refractivity contribution in [3.8, 4) is 0 Å². The summed E-state index contributed by atoms with van der Waals surface area (Å²) in [5.74, 6) is 0.543. The van der Waals surface area contributed by atoms with Crippen molar-refractivity contribution in [1.82, 2.24) is 15.5 Å². The lowest BCUT2D eigenvalue weighted by Gasteiger charge is -2.39. The van der Waals surface area contributed by atoms with Gasteiger partial charge in [0.25, 0.3) is 0 Å². The molecular weight excluding hydrogens is 304 g/mol. The molecule has 1 saturated heterocycles. The minimum absolute atomic E-state index is 0.0319. The number of hydrogen-bond acceptors (Lipinski definition) is 4. The molecule has 7 nitrogen and oxygen atoms in total. The van der Waals surface area contributed by atoms with Crippen molar-refractivity contribution in [1.29, 1.82) is 0 Å². The van der Waals surface area contributed by atoms with E-state index in [0.29, 0.717) is 25.6 Å². The first-order valence-corrected chi connectivity index (χ1v) is 9.29. The van der Waals surface area contributed by atoms with E-state index in [4.69, 9.17) is 0 Å². The van der Waals surface area contributed by atoms with Gasteiger partial charge in [0.2, 0.25) is 5.91 Å². The molecule has 0 atom stereocenters. The predicted octanol–water partition coefficient (Wildman–Crippen LogP) is -0.0145. The molecule has 0 aromatic rings. The van der Waals surface area contributed by atoms with Gasteiger partial charge in [-0.15, -0.1) is 0 Å². The van der Waals surface area contributed by atoms with Crippen LogP contribution in [0.4, 0.5) is 0 Å². The molecule has 0 aliphatic carbocycles. The van der Waals surface area contributed by atoms with Gasteiger partial charge in [-0.2, -0.15) is 0 Å². The Morgan fingerprint density at radius 2 is 2.00 bits per heavy atom. The molecule has 0 unspecified atom stereocenters. The maximum Gasteiger partial charge on any atom is 0.242 e. The standard InChI is InChI=1S/C14H28N4O3S/c1-6-15-13(16-9-12(19)17-11(2)3)18-7-8-22(20,21)14(4,5)10-18/h11H,6-10H2,1-5H3,(H,15,16)(H,17,19). The Balaban J connectivity index is 2.81. The van der Waals surface area contributed by atoms with Crippen LogP contribution in [0.25, 0.3) is 0 Å². The van der Waals surface area contributed by atoms with Crippen molar-refractivity contribution in [2.45, 2.75) is 45.4 Å². The molecule has 1 heterocycles. The fourth-order valence-electron chi connectivity index (χ4n) is 2.26. The van der Waals surface area contributed by atoms with Crippen LogP contribution >= 0.6 is 0 Å². The van der Waals surface area contributed by atoms with Gasteiger partial charge in [-0.1, -0.05) is 0 Å². The van der Waals surface area contributed by atoms with E-state index < -0.39 is 14.6 Å². The number of sulfone groups is 1. The van der Waals surface area contributed by atoms with Crippen LogP contribution < -0.4 is 10.6 Å². The molecular formula is C14H28N4O3S. The number of hydrogen-bond donors (Lipinski definition) is 2. The number of aliphatic imine (C=N–C) groups is 1. The quantitative estimate of drug-likeness (QED) is 0.558. The summed E-state index contributed by atoms with van der Waals surface area (Å²) in [5, 5.41) is 5.91. The zero-order valence-corrected chi connectivity index (χ0v) is 15.0. The first kappa shape index (κ1) is 18.7. The van der Waals surface area contributed by atoms with E-state index in [9.17, 15) is 13.2 Å². The minimum Gasteiger partial charge on any atom is -0.357 e. The number of guanidine groups is 1. The van der Waals surface area contributed by atoms with Gasteiger partial charge in [-0.05, 0) is 34.6 Å². The van der Waals surface area contributed by atoms with E-state index in [1.165, 1.54) is 0 Å². The Morgan fingerprint density at radius 1 is 1.36 bits per heavy atom. The number of nitrogens with one attached hydrogen (secondary N) is 2. The summed E-state index contributed by atoms with van der Waals surface area (Å²) in [4.78, 5) is 18.0. The van der Waals surface area contributed by atoms with E-state index in [2.05, 4.69) is 15.6 Å². The summed E-state index contributed by atoms with van der Waals surface area (Å²) in [6, 6.07) is 0.0735. The van der Waals surface area contributed by atoms with E-state index in [-0.39, 0.29) is 24.2 Å². The van der Waals surface area contributed by atoms with Crippen LogP contribution in [0.5, 0.6) is 0 Å². The van der Waals surface area contributed by atoms with Crippen LogP contribution in [0.15, 0.2) is 4.99 Å². The van der Waals surface area contributed by atoms with Gasteiger partial charge in [0, 0.05) is 25.7 Å². The fourth-order valence-corrected chi connectivity index (χ4v) is 3.63. The third-order valence-corrected chi connectivity index (χ3v) is 6.03. The van der Waals surface area contributed by atoms with E-state index >= 15 is 0 Å². The maximum atomic E-state index is 12.1. The van der Waals surface area contributed by atoms with E-state index in [1.807, 2.05) is 25.7 Å². The van der Waals surface area contributed by atoms with E-state index in [1.54, 1.807) is 13.8 Å². The normalized spacial score (nSPS) is 20.8. The molecule has 1 amide bonds. The highest BCUT2D eigenvalue weighted by molar-refractivity contribution is 7.92. The molecule has 0 spiro atoms. The zero-order valence-electron chi connectivity index (χ0n) is 14.1. The first-order valence-electron chi connectivity index (χ1n) is 7.64. The SMILES string of the molecule is CCNC(=NCC(=O)NC(C)C)N1CCS(=O)(=O)C(C)(C)C1. The lowest BCUT2D eigenvalue weighted by Crippen LogP contribution is -2.57. The molecule has 0 aromatic carbocycles. The Labute approximate surface area is 133 Å². The molecule has 1 aliphatic heterocycles. The fraction of sp³-hybridized carbons (Fsp3) is 0.857. The van der Waals surface area contributed by atoms with Gasteiger partial charge >= 0.3 is 0 Å². The van der Waals surface area contributed by atoms with Crippen LogP contribution in [0.2, 0.25) is 0 Å². The topological polar surface area (TPSA) is 90.9 Å². The molecule has 0 bridgehead atoms. The largest absolute Gasteiger partial charge is 0.357 e. The molecule has 22 heavy (non-hydrogen) atoms. The lowest BCUT2D eigenvalue weighted by molar-refractivity contribution is -0.120. The highest BCUT2D eigenvalue weighted by Crippen LogP contribution is 2.23. The van der Waals surface area contributed by atoms with Crippen molar-refractivity contribution >= 4 is 21.7 Å². The number of nitrogens with zero attached hydrogens (tertiary/aromatic N) is 2. The molecule has 1 fully saturated rings. The summed E-state index contributed by atoms with van der Waals surface area (Å²) in [6.45, 7) is 10.6. The average Bonchev–Trinajstić information content (AvgIpc) is 2.37. The summed E-state index contributed by atoms with van der Waals surface area (Å²) in [7, 11) is -3.09. The second-order valence-electron chi connectivity index (χ2n) is 6.39. The van der Waals surface area contributed by atoms with Gasteiger partial charge in [0.1, 0.15) is 6.54 Å². The predicted molar refractivity (Wildman–Crippen MR) is 88.7 cm³/mol. The third-order valence-electron chi connectivity index (χ3n) is 3.50. The summed E-state index contributed by atoms with van der Waals surface area (Å²) < 4.78 is 23.3. The van der Waals surface area contributed by atoms with Crippen LogP contribution in [0.1, 0.15) is 34.6 Å². The van der Waals surface area contributed by atoms with Gasteiger partial charge in [0.15, 0.2) is 15.8 Å². The van der Waals surface area contributed by atoms with Crippen LogP contribution in [-0.4, -0.2) is 67.9 Å². The Bertz CT molecular complexity index is 526. The van der Waals surface area contributed by atoms with Crippen molar-refractivity contribution in [3.05, 3.63) is 0 Å². The van der Waals surface area contributed by atoms with Crippen LogP contribution in [0.3, 0.4) is 0 Å². The monoisotopic (exact) mass is 332 g/mol. The third kappa shape index (κ3) is 4.86. The summed E-state index contributed by atoms with van der Waals surface area (Å²) >= 11 is 0. The summed E-state index contributed by atoms with van der Waals surface area (Å²) in [6.07, 6.45) is 0. The first-order chi connectivity index (χ1) is 10.1. The Hall–Kier alpha value is -1.31. The van der Waals surface area contributed by atoms with Crippen molar-refractivity contribution in [2.24, 2.45) is 4.99 Å². The molecule has 128 valence electrons. The molecule has 8 heteroatoms. The highest BCUT2D eigenvalue weighted by atomic mass is 32.2. The molecule has 1 rings (SSSR count). The van der Waals surface area contributed by atoms with Gasteiger partial charge in [0.05, 0.1) is 10.5 Å². The van der Waals surface area contributed by atoms with Gasteiger partial charge in [-0.3, -0.25) is 4.79 Å². The molecule has 2 N–H and O–H groups in total. The second-order valence-corrected chi connectivity index (χ2v) is 9.14. The van der Waals surface area contributed by atoms with E-state index in [0.717, 1.165) is 0 Å². The zero-order chi connectivity index (χ0) is 17.0. The maximum absolute atomic E-state index is 12.1. The number of carbonyl (C=O) groups is 1. The summed E-state index contributed by atoms with van der Waals surface area (Å²) in [5.41, 5.74) is 0. The van der Waals surface area contributed by atoms with Crippen LogP contribution in [0, 0.1) is 0 Å². The lowest BCUT2D eigenvalue weighted by atomic mass is 10.2. The Morgan fingerprint density at radius 3 is 2.50 bits per heavy atom. The van der Waals surface area contributed by atoms with Crippen molar-refractivity contribution in [3.63, 3.8) is 0 Å². The number of amides is 1. The average molecular weight is 332 g/mol. The smallest absolute Gasteiger partial charge is 0.242 e. The Kier molecular flexibility index (Phi) is 6.22.